The van der Waals surface area contributed by atoms with Crippen LogP contribution in [0.5, 0.6) is 0 Å². The first-order valence-electron chi connectivity index (χ1n) is 4.41. The molecule has 14 heavy (non-hydrogen) atoms. The topological polar surface area (TPSA) is 45.6 Å². The van der Waals surface area contributed by atoms with E-state index < -0.39 is 6.10 Å². The van der Waals surface area contributed by atoms with Crippen molar-refractivity contribution in [3.8, 4) is 0 Å². The second-order valence-corrected chi connectivity index (χ2v) is 3.61. The molecule has 2 rings (SSSR count). The van der Waals surface area contributed by atoms with Crippen LogP contribution in [0.25, 0.3) is 0 Å². The molecule has 1 aromatic rings. The van der Waals surface area contributed by atoms with Crippen molar-refractivity contribution in [1.82, 2.24) is 10.0 Å². The number of aromatic nitrogens is 1. The lowest BCUT2D eigenvalue weighted by molar-refractivity contribution is -0.118. The van der Waals surface area contributed by atoms with E-state index in [1.54, 1.807) is 11.1 Å². The predicted octanol–water partition coefficient (Wildman–Crippen LogP) is 0.843. The number of aliphatic hydroxyl groups excluding tert-OH is 1. The number of hydrogen-bond acceptors (Lipinski definition) is 4. The standard InChI is InChI=1S/C9H11ClN2O2/c10-9-3-1-2-7(11-9)4-12-5-8(13)6-14-12/h1-3,8,13H,4-6H2/t8-/m1/s1. The normalized spacial score (nSPS) is 22.9. The van der Waals surface area contributed by atoms with Gasteiger partial charge in [0.2, 0.25) is 0 Å². The third-order valence-electron chi connectivity index (χ3n) is 1.98. The van der Waals surface area contributed by atoms with Crippen molar-refractivity contribution in [2.45, 2.75) is 12.6 Å². The van der Waals surface area contributed by atoms with Gasteiger partial charge in [-0.25, -0.2) is 4.98 Å². The SMILES string of the molecule is O[C@H]1CON(Cc2cccc(Cl)n2)C1. The number of nitrogens with zero attached hydrogens (tertiary/aromatic N) is 2. The van der Waals surface area contributed by atoms with Gasteiger partial charge >= 0.3 is 0 Å². The Morgan fingerprint density at radius 1 is 1.64 bits per heavy atom. The molecule has 0 amide bonds. The van der Waals surface area contributed by atoms with E-state index >= 15 is 0 Å². The molecule has 0 spiro atoms. The number of β-amino-alcohol motifs (C(OH)–C–C–N with tert-alkyl or cyclic N) is 1. The molecule has 0 bridgehead atoms. The second kappa shape index (κ2) is 4.23. The molecule has 1 atom stereocenters. The molecule has 2 heterocycles. The molecule has 5 heteroatoms. The summed E-state index contributed by atoms with van der Waals surface area (Å²) in [7, 11) is 0. The zero-order chi connectivity index (χ0) is 9.97. The van der Waals surface area contributed by atoms with Crippen molar-refractivity contribution in [2.75, 3.05) is 13.2 Å². The van der Waals surface area contributed by atoms with Gasteiger partial charge in [-0.05, 0) is 12.1 Å². The Balaban J connectivity index is 1.97. The summed E-state index contributed by atoms with van der Waals surface area (Å²) in [5.41, 5.74) is 0.839. The van der Waals surface area contributed by atoms with Crippen molar-refractivity contribution in [1.29, 1.82) is 0 Å². The monoisotopic (exact) mass is 214 g/mol. The first kappa shape index (κ1) is 9.86. The van der Waals surface area contributed by atoms with E-state index in [0.717, 1.165) is 5.69 Å². The smallest absolute Gasteiger partial charge is 0.129 e. The van der Waals surface area contributed by atoms with Gasteiger partial charge in [-0.3, -0.25) is 4.84 Å². The average molecular weight is 215 g/mol. The van der Waals surface area contributed by atoms with Gasteiger partial charge < -0.3 is 5.11 Å². The van der Waals surface area contributed by atoms with Gasteiger partial charge in [0.1, 0.15) is 5.15 Å². The van der Waals surface area contributed by atoms with Gasteiger partial charge in [0.15, 0.2) is 0 Å². The molecule has 0 saturated carbocycles. The van der Waals surface area contributed by atoms with Crippen LogP contribution < -0.4 is 0 Å². The first-order chi connectivity index (χ1) is 6.74. The van der Waals surface area contributed by atoms with E-state index in [1.165, 1.54) is 0 Å². The number of hydrogen-bond donors (Lipinski definition) is 1. The molecule has 1 aromatic heterocycles. The summed E-state index contributed by atoms with van der Waals surface area (Å²) in [5, 5.41) is 11.4. The zero-order valence-corrected chi connectivity index (χ0v) is 8.31. The van der Waals surface area contributed by atoms with Crippen LogP contribution in [-0.2, 0) is 11.4 Å². The molecule has 1 fully saturated rings. The number of pyridine rings is 1. The van der Waals surface area contributed by atoms with Gasteiger partial charge in [0.05, 0.1) is 31.5 Å². The minimum Gasteiger partial charge on any atom is -0.389 e. The lowest BCUT2D eigenvalue weighted by atomic mass is 10.3. The summed E-state index contributed by atoms with van der Waals surface area (Å²) in [6.07, 6.45) is -0.394. The Morgan fingerprint density at radius 3 is 3.14 bits per heavy atom. The minimum atomic E-state index is -0.394. The Hall–Kier alpha value is -0.680. The van der Waals surface area contributed by atoms with Crippen LogP contribution in [0.4, 0.5) is 0 Å². The van der Waals surface area contributed by atoms with Crippen molar-refractivity contribution >= 4 is 11.6 Å². The van der Waals surface area contributed by atoms with Crippen molar-refractivity contribution in [2.24, 2.45) is 0 Å². The Bertz CT molecular complexity index is 321. The summed E-state index contributed by atoms with van der Waals surface area (Å²) < 4.78 is 0. The summed E-state index contributed by atoms with van der Waals surface area (Å²) in [6, 6.07) is 5.45. The maximum absolute atomic E-state index is 9.22. The molecule has 1 aliphatic heterocycles. The van der Waals surface area contributed by atoms with Crippen LogP contribution >= 0.6 is 11.6 Å². The van der Waals surface area contributed by atoms with Crippen LogP contribution in [0.15, 0.2) is 18.2 Å². The highest BCUT2D eigenvalue weighted by Crippen LogP contribution is 2.11. The van der Waals surface area contributed by atoms with E-state index in [4.69, 9.17) is 16.4 Å². The second-order valence-electron chi connectivity index (χ2n) is 3.22. The summed E-state index contributed by atoms with van der Waals surface area (Å²) in [5.74, 6) is 0. The van der Waals surface area contributed by atoms with E-state index in [1.807, 2.05) is 12.1 Å². The molecular weight excluding hydrogens is 204 g/mol. The summed E-state index contributed by atoms with van der Waals surface area (Å²) in [6.45, 7) is 1.44. The molecule has 1 saturated heterocycles. The van der Waals surface area contributed by atoms with Crippen molar-refractivity contribution in [3.63, 3.8) is 0 Å². The third kappa shape index (κ3) is 2.42. The molecule has 0 unspecified atom stereocenters. The van der Waals surface area contributed by atoms with E-state index in [-0.39, 0.29) is 0 Å². The molecule has 0 radical (unpaired) electrons. The van der Waals surface area contributed by atoms with Gasteiger partial charge in [0.25, 0.3) is 0 Å². The maximum atomic E-state index is 9.22. The first-order valence-corrected chi connectivity index (χ1v) is 4.79. The van der Waals surface area contributed by atoms with Crippen LogP contribution in [0.3, 0.4) is 0 Å². The van der Waals surface area contributed by atoms with E-state index in [0.29, 0.717) is 24.8 Å². The maximum Gasteiger partial charge on any atom is 0.129 e. The highest BCUT2D eigenvalue weighted by atomic mass is 35.5. The fourth-order valence-corrected chi connectivity index (χ4v) is 1.54. The number of rotatable bonds is 2. The minimum absolute atomic E-state index is 0.362. The third-order valence-corrected chi connectivity index (χ3v) is 2.19. The largest absolute Gasteiger partial charge is 0.389 e. The molecule has 1 aliphatic rings. The average Bonchev–Trinajstić information content (AvgIpc) is 2.51. The lowest BCUT2D eigenvalue weighted by Gasteiger charge is -2.12. The van der Waals surface area contributed by atoms with Crippen LogP contribution in [-0.4, -0.2) is 34.4 Å². The highest BCUT2D eigenvalue weighted by Gasteiger charge is 2.21. The summed E-state index contributed by atoms with van der Waals surface area (Å²) >= 11 is 5.74. The van der Waals surface area contributed by atoms with E-state index in [9.17, 15) is 5.11 Å². The fourth-order valence-electron chi connectivity index (χ4n) is 1.36. The quantitative estimate of drug-likeness (QED) is 0.742. The van der Waals surface area contributed by atoms with Gasteiger partial charge in [-0.1, -0.05) is 17.7 Å². The van der Waals surface area contributed by atoms with Crippen molar-refractivity contribution in [3.05, 3.63) is 29.0 Å². The molecule has 0 aromatic carbocycles. The summed E-state index contributed by atoms with van der Waals surface area (Å²) in [4.78, 5) is 9.33. The molecule has 4 nitrogen and oxygen atoms in total. The lowest BCUT2D eigenvalue weighted by Crippen LogP contribution is -2.20. The van der Waals surface area contributed by atoms with Crippen LogP contribution in [0.2, 0.25) is 5.15 Å². The highest BCUT2D eigenvalue weighted by molar-refractivity contribution is 6.29. The molecule has 1 N–H and O–H groups in total. The Kier molecular flexibility index (Phi) is 2.98. The van der Waals surface area contributed by atoms with Gasteiger partial charge in [0, 0.05) is 0 Å². The van der Waals surface area contributed by atoms with E-state index in [2.05, 4.69) is 4.98 Å². The molecule has 76 valence electrons. The number of halogens is 1. The Morgan fingerprint density at radius 2 is 2.50 bits per heavy atom. The van der Waals surface area contributed by atoms with Crippen LogP contribution in [0.1, 0.15) is 5.69 Å². The number of aliphatic hydroxyl groups is 1. The van der Waals surface area contributed by atoms with Crippen molar-refractivity contribution < 1.29 is 9.94 Å². The van der Waals surface area contributed by atoms with Gasteiger partial charge in [-0.15, -0.1) is 0 Å². The number of hydroxylamine groups is 2. The Labute approximate surface area is 87.0 Å². The fraction of sp³-hybridized carbons (Fsp3) is 0.444. The molecule has 0 aliphatic carbocycles. The van der Waals surface area contributed by atoms with Gasteiger partial charge in [-0.2, -0.15) is 5.06 Å². The van der Waals surface area contributed by atoms with Crippen LogP contribution in [0, 0.1) is 0 Å². The molecular formula is C9H11ClN2O2. The zero-order valence-electron chi connectivity index (χ0n) is 7.56. The predicted molar refractivity (Wildman–Crippen MR) is 51.6 cm³/mol.